The van der Waals surface area contributed by atoms with E-state index in [1.165, 1.54) is 12.1 Å². The molecule has 1 unspecified atom stereocenters. The van der Waals surface area contributed by atoms with Gasteiger partial charge >= 0.3 is 5.76 Å². The summed E-state index contributed by atoms with van der Waals surface area (Å²) in [5.41, 5.74) is 3.11. The molecule has 8 nitrogen and oxygen atoms in total. The standard InChI is InChI=1S/C15H14Cl2N2O3.C15H22ClNO2/c1-5-6-21-12-8-11(9(16)7-10(12)17)19-14(20)22-13(18-19)15(2,3)4;1-5-13-8-6-7-11(2)15(13)17(14(18)9-16)12(3)10-19-4/h1,7-8H,6H2,2-4H3;6-8,12H,5,9-10H2,1-4H3. The van der Waals surface area contributed by atoms with Crippen LogP contribution in [0.5, 0.6) is 5.75 Å². The summed E-state index contributed by atoms with van der Waals surface area (Å²) in [6.07, 6.45) is 6.03. The van der Waals surface area contributed by atoms with E-state index in [1.54, 1.807) is 12.0 Å². The number of amides is 1. The normalized spacial score (nSPS) is 11.7. The number of aryl methyl sites for hydroxylation is 2. The summed E-state index contributed by atoms with van der Waals surface area (Å²) in [5, 5.41) is 4.71. The van der Waals surface area contributed by atoms with Crippen molar-refractivity contribution in [2.45, 2.75) is 59.4 Å². The molecule has 2 aromatic carbocycles. The number of nitrogens with zero attached hydrogens (tertiary/aromatic N) is 3. The van der Waals surface area contributed by atoms with Gasteiger partial charge < -0.3 is 18.8 Å². The van der Waals surface area contributed by atoms with Gasteiger partial charge in [0.25, 0.3) is 0 Å². The summed E-state index contributed by atoms with van der Waals surface area (Å²) < 4.78 is 16.7. The number of aromatic nitrogens is 2. The molecule has 41 heavy (non-hydrogen) atoms. The van der Waals surface area contributed by atoms with Gasteiger partial charge in [-0.2, -0.15) is 4.68 Å². The Labute approximate surface area is 256 Å². The van der Waals surface area contributed by atoms with Crippen molar-refractivity contribution in [1.82, 2.24) is 9.78 Å². The first-order valence-electron chi connectivity index (χ1n) is 12.9. The zero-order valence-corrected chi connectivity index (χ0v) is 26.7. The van der Waals surface area contributed by atoms with E-state index in [9.17, 15) is 9.59 Å². The molecule has 1 aromatic heterocycles. The Morgan fingerprint density at radius 1 is 1.24 bits per heavy atom. The molecule has 0 aliphatic heterocycles. The van der Waals surface area contributed by atoms with Crippen molar-refractivity contribution >= 4 is 46.4 Å². The minimum Gasteiger partial charge on any atom is -0.479 e. The van der Waals surface area contributed by atoms with Crippen LogP contribution in [0.25, 0.3) is 5.69 Å². The molecule has 0 bridgehead atoms. The quantitative estimate of drug-likeness (QED) is 0.197. The largest absolute Gasteiger partial charge is 0.479 e. The van der Waals surface area contributed by atoms with Crippen LogP contribution in [0.15, 0.2) is 39.5 Å². The molecule has 0 radical (unpaired) electrons. The van der Waals surface area contributed by atoms with Crippen LogP contribution in [0, 0.1) is 19.3 Å². The van der Waals surface area contributed by atoms with Gasteiger partial charge in [-0.1, -0.05) is 75.0 Å². The summed E-state index contributed by atoms with van der Waals surface area (Å²) in [6, 6.07) is 9.00. The third kappa shape index (κ3) is 8.76. The third-order valence-electron chi connectivity index (χ3n) is 5.90. The molecule has 11 heteroatoms. The van der Waals surface area contributed by atoms with Crippen molar-refractivity contribution in [3.05, 3.63) is 67.9 Å². The Kier molecular flexibility index (Phi) is 12.8. The second-order valence-corrected chi connectivity index (χ2v) is 11.3. The van der Waals surface area contributed by atoms with Crippen LogP contribution in [0.1, 0.15) is 51.6 Å². The van der Waals surface area contributed by atoms with Crippen molar-refractivity contribution in [3.8, 4) is 23.8 Å². The van der Waals surface area contributed by atoms with Crippen LogP contribution < -0.4 is 15.4 Å². The predicted octanol–water partition coefficient (Wildman–Crippen LogP) is 6.61. The first kappa shape index (κ1) is 34.2. The second-order valence-electron chi connectivity index (χ2n) is 10.2. The monoisotopic (exact) mass is 623 g/mol. The molecule has 0 fully saturated rings. The molecule has 1 atom stereocenters. The van der Waals surface area contributed by atoms with Crippen molar-refractivity contribution in [3.63, 3.8) is 0 Å². The summed E-state index contributed by atoms with van der Waals surface area (Å²) in [5.74, 6) is 2.20. The van der Waals surface area contributed by atoms with Gasteiger partial charge in [-0.05, 0) is 37.5 Å². The molecule has 0 aliphatic rings. The van der Waals surface area contributed by atoms with Crippen LogP contribution in [-0.2, 0) is 21.4 Å². The summed E-state index contributed by atoms with van der Waals surface area (Å²) >= 11 is 17.9. The Balaban J connectivity index is 0.000000290. The highest BCUT2D eigenvalue weighted by atomic mass is 35.5. The molecule has 3 aromatic rings. The van der Waals surface area contributed by atoms with Crippen molar-refractivity contribution < 1.29 is 18.7 Å². The van der Waals surface area contributed by atoms with Gasteiger partial charge in [0.1, 0.15) is 18.2 Å². The average Bonchev–Trinajstić information content (AvgIpc) is 3.31. The first-order chi connectivity index (χ1) is 19.3. The van der Waals surface area contributed by atoms with E-state index in [4.69, 9.17) is 55.1 Å². The Hall–Kier alpha value is -2.96. The molecule has 0 saturated heterocycles. The van der Waals surface area contributed by atoms with Gasteiger partial charge in [0, 0.05) is 18.6 Å². The van der Waals surface area contributed by atoms with Crippen molar-refractivity contribution in [1.29, 1.82) is 0 Å². The van der Waals surface area contributed by atoms with E-state index >= 15 is 0 Å². The van der Waals surface area contributed by atoms with E-state index in [0.717, 1.165) is 27.9 Å². The maximum absolute atomic E-state index is 12.2. The molecule has 0 spiro atoms. The highest BCUT2D eigenvalue weighted by Crippen LogP contribution is 2.33. The summed E-state index contributed by atoms with van der Waals surface area (Å²) in [7, 11) is 1.64. The number of methoxy groups -OCH3 is 1. The molecular weight excluding hydrogens is 589 g/mol. The van der Waals surface area contributed by atoms with E-state index in [1.807, 2.05) is 46.8 Å². The number of ether oxygens (including phenoxy) is 2. The topological polar surface area (TPSA) is 86.8 Å². The van der Waals surface area contributed by atoms with E-state index in [-0.39, 0.29) is 34.5 Å². The minimum absolute atomic E-state index is 0.0223. The molecule has 0 N–H and O–H groups in total. The zero-order valence-electron chi connectivity index (χ0n) is 24.4. The van der Waals surface area contributed by atoms with Gasteiger partial charge in [0.15, 0.2) is 0 Å². The lowest BCUT2D eigenvalue weighted by Crippen LogP contribution is -2.43. The number of hydrogen-bond donors (Lipinski definition) is 0. The van der Waals surface area contributed by atoms with Gasteiger partial charge in [-0.25, -0.2) is 4.79 Å². The average molecular weight is 625 g/mol. The number of carbonyl (C=O) groups excluding carboxylic acids is 1. The van der Waals surface area contributed by atoms with Crippen molar-refractivity contribution in [2.75, 3.05) is 31.1 Å². The van der Waals surface area contributed by atoms with Gasteiger partial charge in [-0.15, -0.1) is 23.1 Å². The zero-order chi connectivity index (χ0) is 30.9. The Morgan fingerprint density at radius 3 is 2.46 bits per heavy atom. The number of carbonyl (C=O) groups is 1. The number of terminal acetylenes is 1. The van der Waals surface area contributed by atoms with Crippen LogP contribution in [0.3, 0.4) is 0 Å². The number of rotatable bonds is 9. The molecular formula is C30H36Cl3N3O5. The van der Waals surface area contributed by atoms with Gasteiger partial charge in [0.2, 0.25) is 11.8 Å². The lowest BCUT2D eigenvalue weighted by atomic mass is 9.97. The lowest BCUT2D eigenvalue weighted by Gasteiger charge is -2.31. The smallest absolute Gasteiger partial charge is 0.442 e. The molecule has 1 amide bonds. The maximum Gasteiger partial charge on any atom is 0.442 e. The Bertz CT molecular complexity index is 1440. The molecule has 0 aliphatic carbocycles. The fourth-order valence-corrected chi connectivity index (χ4v) is 4.61. The number of anilines is 1. The highest BCUT2D eigenvalue weighted by molar-refractivity contribution is 6.36. The van der Waals surface area contributed by atoms with Gasteiger partial charge in [-0.3, -0.25) is 4.79 Å². The number of alkyl halides is 1. The minimum atomic E-state index is -0.642. The first-order valence-corrected chi connectivity index (χ1v) is 14.2. The van der Waals surface area contributed by atoms with E-state index < -0.39 is 11.2 Å². The predicted molar refractivity (Wildman–Crippen MR) is 165 cm³/mol. The number of halogens is 3. The van der Waals surface area contributed by atoms with E-state index in [2.05, 4.69) is 24.0 Å². The SMILES string of the molecule is C#CCOc1cc(-n2nc(C(C)(C)C)oc2=O)c(Cl)cc1Cl.CCc1cccc(C)c1N(C(=O)CCl)C(C)COC. The summed E-state index contributed by atoms with van der Waals surface area (Å²) in [4.78, 5) is 26.0. The highest BCUT2D eigenvalue weighted by Gasteiger charge is 2.25. The number of para-hydroxylation sites is 1. The fourth-order valence-electron chi connectivity index (χ4n) is 3.96. The molecule has 3 rings (SSSR count). The van der Waals surface area contributed by atoms with Gasteiger partial charge in [0.05, 0.1) is 34.1 Å². The number of hydrogen-bond acceptors (Lipinski definition) is 6. The summed E-state index contributed by atoms with van der Waals surface area (Å²) in [6.45, 7) is 12.3. The Morgan fingerprint density at radius 2 is 1.93 bits per heavy atom. The fraction of sp³-hybridized carbons (Fsp3) is 0.433. The molecule has 1 heterocycles. The molecule has 222 valence electrons. The van der Waals surface area contributed by atoms with E-state index in [0.29, 0.717) is 23.9 Å². The lowest BCUT2D eigenvalue weighted by molar-refractivity contribution is -0.116. The number of benzene rings is 2. The van der Waals surface area contributed by atoms with Crippen LogP contribution in [0.2, 0.25) is 10.0 Å². The third-order valence-corrected chi connectivity index (χ3v) is 6.73. The van der Waals surface area contributed by atoms with Crippen LogP contribution in [0.4, 0.5) is 5.69 Å². The van der Waals surface area contributed by atoms with Crippen LogP contribution >= 0.6 is 34.8 Å². The van der Waals surface area contributed by atoms with Crippen molar-refractivity contribution in [2.24, 2.45) is 0 Å². The second kappa shape index (κ2) is 15.3. The van der Waals surface area contributed by atoms with Crippen LogP contribution in [-0.4, -0.2) is 47.9 Å². The maximum atomic E-state index is 12.2. The molecule has 0 saturated carbocycles.